The minimum absolute atomic E-state index is 0.350. The van der Waals surface area contributed by atoms with Crippen LogP contribution in [0.25, 0.3) is 0 Å². The van der Waals surface area contributed by atoms with Crippen molar-refractivity contribution in [3.63, 3.8) is 0 Å². The van der Waals surface area contributed by atoms with Crippen molar-refractivity contribution in [2.45, 2.75) is 0 Å². The fourth-order valence-electron chi connectivity index (χ4n) is 0.244. The van der Waals surface area contributed by atoms with Gasteiger partial charge in [0.2, 0.25) is 0 Å². The minimum Gasteiger partial charge on any atom is -0.314 e. The Labute approximate surface area is 65.7 Å². The van der Waals surface area contributed by atoms with Crippen LogP contribution in [0.1, 0.15) is 0 Å². The van der Waals surface area contributed by atoms with Gasteiger partial charge in [0.05, 0.1) is 0 Å². The summed E-state index contributed by atoms with van der Waals surface area (Å²) < 4.78 is 38.2. The molecule has 0 aliphatic heterocycles. The molecule has 2 unspecified atom stereocenters. The lowest BCUT2D eigenvalue weighted by molar-refractivity contribution is 0.101. The average molecular weight is 204 g/mol. The second-order valence-electron chi connectivity index (χ2n) is 1.31. The second kappa shape index (κ2) is 6.98. The molecule has 0 aromatic heterocycles. The van der Waals surface area contributed by atoms with Crippen LogP contribution >= 0.6 is 16.5 Å². The molecule has 8 heteroatoms. The third kappa shape index (κ3) is 6.69. The summed E-state index contributed by atoms with van der Waals surface area (Å²) in [6, 6.07) is 0. The second-order valence-corrected chi connectivity index (χ2v) is 3.71. The summed E-state index contributed by atoms with van der Waals surface area (Å²) in [5.74, 6) is 0. The first-order valence-electron chi connectivity index (χ1n) is 2.62. The van der Waals surface area contributed by atoms with Crippen LogP contribution in [0.15, 0.2) is 0 Å². The summed E-state index contributed by atoms with van der Waals surface area (Å²) in [6.07, 6.45) is 0. The first kappa shape index (κ1) is 11.3. The third-order valence-corrected chi connectivity index (χ3v) is 2.06. The Balaban J connectivity index is 3.27. The molecule has 0 fully saturated rings. The lowest BCUT2D eigenvalue weighted by atomic mass is 11.6. The highest BCUT2D eigenvalue weighted by Crippen LogP contribution is 2.26. The maximum absolute atomic E-state index is 10.4. The van der Waals surface area contributed by atoms with Crippen LogP contribution in [-0.2, 0) is 27.2 Å². The topological polar surface area (TPSA) is 71.1 Å². The van der Waals surface area contributed by atoms with Crippen molar-refractivity contribution in [1.82, 2.24) is 0 Å². The van der Waals surface area contributed by atoms with Crippen LogP contribution in [0.5, 0.6) is 0 Å². The lowest BCUT2D eigenvalue weighted by Crippen LogP contribution is -1.88. The highest BCUT2D eigenvalue weighted by atomic mass is 31.1. The van der Waals surface area contributed by atoms with Crippen molar-refractivity contribution < 1.29 is 27.2 Å². The molecule has 0 aliphatic carbocycles. The molecule has 11 heavy (non-hydrogen) atoms. The molecule has 0 aromatic carbocycles. The summed E-state index contributed by atoms with van der Waals surface area (Å²) in [7, 11) is -2.50. The van der Waals surface area contributed by atoms with Gasteiger partial charge in [0, 0.05) is 14.2 Å². The van der Waals surface area contributed by atoms with Gasteiger partial charge in [-0.05, 0) is 0 Å². The van der Waals surface area contributed by atoms with E-state index in [-0.39, 0.29) is 6.79 Å². The van der Waals surface area contributed by atoms with E-state index in [9.17, 15) is 9.13 Å². The van der Waals surface area contributed by atoms with Gasteiger partial charge in [0.25, 0.3) is 0 Å². The maximum Gasteiger partial charge on any atom is 0.320 e. The van der Waals surface area contributed by atoms with E-state index >= 15 is 0 Å². The molecule has 0 saturated heterocycles. The van der Waals surface area contributed by atoms with E-state index in [4.69, 9.17) is 0 Å². The van der Waals surface area contributed by atoms with Crippen molar-refractivity contribution in [2.24, 2.45) is 0 Å². The van der Waals surface area contributed by atoms with Gasteiger partial charge in [-0.3, -0.25) is 18.2 Å². The SMILES string of the molecule is CO[PH](=O)OCO[PH](=O)OC. The molecule has 0 heterocycles. The smallest absolute Gasteiger partial charge is 0.314 e. The minimum atomic E-state index is -2.49. The first-order valence-corrected chi connectivity index (χ1v) is 5.07. The molecule has 0 N–H and O–H groups in total. The van der Waals surface area contributed by atoms with E-state index in [2.05, 4.69) is 18.1 Å². The predicted molar refractivity (Wildman–Crippen MR) is 39.1 cm³/mol. The van der Waals surface area contributed by atoms with Gasteiger partial charge in [-0.25, -0.2) is 0 Å². The van der Waals surface area contributed by atoms with Crippen molar-refractivity contribution in [3.8, 4) is 0 Å². The highest BCUT2D eigenvalue weighted by molar-refractivity contribution is 7.34. The van der Waals surface area contributed by atoms with Crippen molar-refractivity contribution in [1.29, 1.82) is 0 Å². The van der Waals surface area contributed by atoms with E-state index in [1.165, 1.54) is 14.2 Å². The van der Waals surface area contributed by atoms with Crippen LogP contribution in [0.3, 0.4) is 0 Å². The predicted octanol–water partition coefficient (Wildman–Crippen LogP) is 1.05. The van der Waals surface area contributed by atoms with E-state index in [1.807, 2.05) is 0 Å². The fraction of sp³-hybridized carbons (Fsp3) is 1.00. The zero-order valence-electron chi connectivity index (χ0n) is 6.16. The number of rotatable bonds is 6. The number of hydrogen-bond acceptors (Lipinski definition) is 6. The maximum atomic E-state index is 10.4. The molecular weight excluding hydrogens is 194 g/mol. The Bertz CT molecular complexity index is 131. The Morgan fingerprint density at radius 2 is 1.36 bits per heavy atom. The van der Waals surface area contributed by atoms with Gasteiger partial charge < -0.3 is 9.05 Å². The molecule has 68 valence electrons. The molecule has 0 rings (SSSR count). The average Bonchev–Trinajstić information content (AvgIpc) is 2.04. The Kier molecular flexibility index (Phi) is 7.17. The summed E-state index contributed by atoms with van der Waals surface area (Å²) in [5.41, 5.74) is 0. The quantitative estimate of drug-likeness (QED) is 0.475. The van der Waals surface area contributed by atoms with Crippen LogP contribution < -0.4 is 0 Å². The first-order chi connectivity index (χ1) is 5.20. The van der Waals surface area contributed by atoms with Crippen LogP contribution in [0.4, 0.5) is 0 Å². The summed E-state index contributed by atoms with van der Waals surface area (Å²) in [4.78, 5) is 0. The molecule has 0 aromatic rings. The van der Waals surface area contributed by atoms with Gasteiger partial charge in [-0.15, -0.1) is 0 Å². The van der Waals surface area contributed by atoms with E-state index in [0.29, 0.717) is 0 Å². The molecule has 2 atom stereocenters. The van der Waals surface area contributed by atoms with Crippen LogP contribution in [0.2, 0.25) is 0 Å². The Morgan fingerprint density at radius 1 is 1.00 bits per heavy atom. The zero-order valence-corrected chi connectivity index (χ0v) is 8.16. The molecule has 0 radical (unpaired) electrons. The number of hydrogen-bond donors (Lipinski definition) is 0. The van der Waals surface area contributed by atoms with Gasteiger partial charge in [-0.1, -0.05) is 0 Å². The fourth-order valence-corrected chi connectivity index (χ4v) is 0.907. The van der Waals surface area contributed by atoms with E-state index in [0.717, 1.165) is 0 Å². The van der Waals surface area contributed by atoms with E-state index in [1.54, 1.807) is 0 Å². The standard InChI is InChI=1S/C3H10O6P2/c1-6-10(4)8-3-9-11(5)7-2/h10-11H,3H2,1-2H3. The van der Waals surface area contributed by atoms with Gasteiger partial charge in [-0.2, -0.15) is 0 Å². The third-order valence-electron chi connectivity index (χ3n) is 0.687. The molecule has 0 bridgehead atoms. The molecule has 0 aliphatic rings. The molecule has 6 nitrogen and oxygen atoms in total. The molecule has 0 amide bonds. The van der Waals surface area contributed by atoms with E-state index < -0.39 is 16.5 Å². The highest BCUT2D eigenvalue weighted by Gasteiger charge is 1.98. The van der Waals surface area contributed by atoms with Gasteiger partial charge in [0.1, 0.15) is 0 Å². The summed E-state index contributed by atoms with van der Waals surface area (Å²) in [5, 5.41) is 0. The van der Waals surface area contributed by atoms with Crippen LogP contribution in [0, 0.1) is 0 Å². The molecule has 0 saturated carbocycles. The van der Waals surface area contributed by atoms with Crippen molar-refractivity contribution in [2.75, 3.05) is 21.0 Å². The monoisotopic (exact) mass is 204 g/mol. The Hall–Kier alpha value is 0.300. The van der Waals surface area contributed by atoms with Crippen LogP contribution in [-0.4, -0.2) is 21.0 Å². The lowest BCUT2D eigenvalue weighted by Gasteiger charge is -2.01. The Morgan fingerprint density at radius 3 is 1.64 bits per heavy atom. The molecular formula is C3H10O6P2. The summed E-state index contributed by atoms with van der Waals surface area (Å²) in [6.45, 7) is -0.350. The largest absolute Gasteiger partial charge is 0.320 e. The van der Waals surface area contributed by atoms with Gasteiger partial charge >= 0.3 is 16.5 Å². The normalized spacial score (nSPS) is 16.2. The zero-order chi connectivity index (χ0) is 8.69. The van der Waals surface area contributed by atoms with Crippen molar-refractivity contribution >= 4 is 16.5 Å². The van der Waals surface area contributed by atoms with Crippen molar-refractivity contribution in [3.05, 3.63) is 0 Å². The van der Waals surface area contributed by atoms with Gasteiger partial charge in [0.15, 0.2) is 6.79 Å². The summed E-state index contributed by atoms with van der Waals surface area (Å²) >= 11 is 0. The molecule has 0 spiro atoms.